The van der Waals surface area contributed by atoms with Gasteiger partial charge in [-0.05, 0) is 48.5 Å². The first kappa shape index (κ1) is 15.5. The normalized spacial score (nSPS) is 11.2. The van der Waals surface area contributed by atoms with Crippen molar-refractivity contribution in [3.8, 4) is 11.5 Å². The highest BCUT2D eigenvalue weighted by molar-refractivity contribution is 7.18. The molecule has 5 heteroatoms. The summed E-state index contributed by atoms with van der Waals surface area (Å²) in [4.78, 5) is 4.55. The van der Waals surface area contributed by atoms with Gasteiger partial charge in [0, 0.05) is 0 Å². The first-order valence-corrected chi connectivity index (χ1v) is 8.73. The van der Waals surface area contributed by atoms with E-state index in [-0.39, 0.29) is 0 Å². The van der Waals surface area contributed by atoms with Gasteiger partial charge in [-0.15, -0.1) is 11.3 Å². The fourth-order valence-corrected chi connectivity index (χ4v) is 3.26. The first-order valence-electron chi connectivity index (χ1n) is 7.92. The topological polar surface area (TPSA) is 46.8 Å². The van der Waals surface area contributed by atoms with E-state index in [0.717, 1.165) is 27.7 Å². The summed E-state index contributed by atoms with van der Waals surface area (Å²) in [5.41, 5.74) is 1.81. The number of thiazole rings is 1. The second-order valence-electron chi connectivity index (χ2n) is 5.38. The van der Waals surface area contributed by atoms with Gasteiger partial charge in [0.2, 0.25) is 0 Å². The van der Waals surface area contributed by atoms with Gasteiger partial charge in [0.1, 0.15) is 23.1 Å². The monoisotopic (exact) mass is 345 g/mol. The van der Waals surface area contributed by atoms with E-state index in [0.29, 0.717) is 6.54 Å². The van der Waals surface area contributed by atoms with Crippen LogP contribution in [0.15, 0.2) is 89.1 Å². The molecule has 0 atom stereocenters. The average molecular weight is 345 g/mol. The van der Waals surface area contributed by atoms with Crippen molar-refractivity contribution in [3.05, 3.63) is 83.9 Å². The molecule has 1 aromatic heterocycles. The highest BCUT2D eigenvalue weighted by Crippen LogP contribution is 2.25. The number of ether oxygens (including phenoxy) is 1. The second kappa shape index (κ2) is 7.23. The van der Waals surface area contributed by atoms with Crippen molar-refractivity contribution < 1.29 is 4.74 Å². The number of nitrogens with zero attached hydrogens (tertiary/aromatic N) is 3. The van der Waals surface area contributed by atoms with Crippen LogP contribution >= 0.6 is 11.3 Å². The van der Waals surface area contributed by atoms with Gasteiger partial charge in [0.25, 0.3) is 0 Å². The van der Waals surface area contributed by atoms with Gasteiger partial charge in [-0.25, -0.2) is 4.98 Å². The minimum atomic E-state index is 0.488. The first-order chi connectivity index (χ1) is 12.4. The van der Waals surface area contributed by atoms with Crippen LogP contribution in [0.3, 0.4) is 0 Å². The van der Waals surface area contributed by atoms with E-state index in [9.17, 15) is 0 Å². The van der Waals surface area contributed by atoms with Gasteiger partial charge in [-0.1, -0.05) is 30.3 Å². The lowest BCUT2D eigenvalue weighted by molar-refractivity contribution is 0.483. The van der Waals surface area contributed by atoms with E-state index in [4.69, 9.17) is 4.74 Å². The Morgan fingerprint density at radius 2 is 1.52 bits per heavy atom. The van der Waals surface area contributed by atoms with Crippen molar-refractivity contribution in [3.63, 3.8) is 0 Å². The third kappa shape index (κ3) is 3.89. The summed E-state index contributed by atoms with van der Waals surface area (Å²) in [5, 5.41) is 9.48. The van der Waals surface area contributed by atoms with Crippen LogP contribution in [0.25, 0.3) is 10.2 Å². The second-order valence-corrected chi connectivity index (χ2v) is 6.50. The van der Waals surface area contributed by atoms with E-state index in [1.54, 1.807) is 11.3 Å². The van der Waals surface area contributed by atoms with Gasteiger partial charge < -0.3 is 4.74 Å². The number of hydrogen-bond donors (Lipinski definition) is 0. The van der Waals surface area contributed by atoms with Crippen molar-refractivity contribution >= 4 is 27.2 Å². The molecule has 0 spiro atoms. The standard InChI is InChI=1S/C20H15N3OS/c1-2-6-16(7-3-1)24-17-12-10-15(11-13-17)23-21-14-20-22-18-8-4-5-9-19(18)25-20/h1-13H,14H2. The Morgan fingerprint density at radius 3 is 2.32 bits per heavy atom. The van der Waals surface area contributed by atoms with Crippen LogP contribution in [-0.4, -0.2) is 4.98 Å². The summed E-state index contributed by atoms with van der Waals surface area (Å²) in [6, 6.07) is 25.3. The summed E-state index contributed by atoms with van der Waals surface area (Å²) in [5.74, 6) is 1.59. The minimum absolute atomic E-state index is 0.488. The lowest BCUT2D eigenvalue weighted by atomic mass is 10.3. The number of para-hydroxylation sites is 2. The summed E-state index contributed by atoms with van der Waals surface area (Å²) >= 11 is 1.65. The zero-order valence-electron chi connectivity index (χ0n) is 13.4. The van der Waals surface area contributed by atoms with Crippen LogP contribution in [0.2, 0.25) is 0 Å². The molecule has 122 valence electrons. The summed E-state index contributed by atoms with van der Waals surface area (Å²) in [6.45, 7) is 0.488. The molecule has 3 aromatic carbocycles. The molecule has 1 heterocycles. The fourth-order valence-electron chi connectivity index (χ4n) is 2.37. The molecule has 0 saturated carbocycles. The number of rotatable bonds is 5. The van der Waals surface area contributed by atoms with Gasteiger partial charge in [0.15, 0.2) is 0 Å². The predicted octanol–water partition coefficient (Wildman–Crippen LogP) is 6.37. The molecule has 0 radical (unpaired) electrons. The van der Waals surface area contributed by atoms with Crippen molar-refractivity contribution in [2.75, 3.05) is 0 Å². The Morgan fingerprint density at radius 1 is 0.800 bits per heavy atom. The van der Waals surface area contributed by atoms with Gasteiger partial charge in [0.05, 0.1) is 15.9 Å². The molecule has 0 aliphatic heterocycles. The average Bonchev–Trinajstić information content (AvgIpc) is 3.07. The third-order valence-electron chi connectivity index (χ3n) is 3.55. The van der Waals surface area contributed by atoms with Crippen LogP contribution < -0.4 is 4.74 Å². The third-order valence-corrected chi connectivity index (χ3v) is 4.57. The molecule has 0 N–H and O–H groups in total. The Bertz CT molecular complexity index is 961. The molecule has 0 unspecified atom stereocenters. The molecule has 0 bridgehead atoms. The van der Waals surface area contributed by atoms with Gasteiger partial charge in [-0.3, -0.25) is 0 Å². The molecule has 0 aliphatic rings. The van der Waals surface area contributed by atoms with Crippen LogP contribution in [-0.2, 0) is 6.54 Å². The molecule has 0 saturated heterocycles. The minimum Gasteiger partial charge on any atom is -0.457 e. The van der Waals surface area contributed by atoms with Crippen LogP contribution in [0.1, 0.15) is 5.01 Å². The maximum Gasteiger partial charge on any atom is 0.127 e. The van der Waals surface area contributed by atoms with Crippen molar-refractivity contribution in [2.24, 2.45) is 10.2 Å². The SMILES string of the molecule is c1ccc(Oc2ccc(N=NCc3nc4ccccc4s3)cc2)cc1. The molecule has 4 nitrogen and oxygen atoms in total. The molecular formula is C20H15N3OS. The molecule has 4 aromatic rings. The summed E-state index contributed by atoms with van der Waals surface area (Å²) in [7, 11) is 0. The number of fused-ring (bicyclic) bond motifs is 1. The highest BCUT2D eigenvalue weighted by atomic mass is 32.1. The Balaban J connectivity index is 1.39. The maximum atomic E-state index is 5.76. The molecule has 0 fully saturated rings. The van der Waals surface area contributed by atoms with Crippen molar-refractivity contribution in [1.29, 1.82) is 0 Å². The van der Waals surface area contributed by atoms with Crippen LogP contribution in [0.5, 0.6) is 11.5 Å². The number of hydrogen-bond acceptors (Lipinski definition) is 5. The lowest BCUT2D eigenvalue weighted by Gasteiger charge is -2.04. The van der Waals surface area contributed by atoms with E-state index in [1.807, 2.05) is 72.8 Å². The van der Waals surface area contributed by atoms with Crippen LogP contribution in [0.4, 0.5) is 5.69 Å². The Hall–Kier alpha value is -3.05. The molecular weight excluding hydrogens is 330 g/mol. The largest absolute Gasteiger partial charge is 0.457 e. The zero-order chi connectivity index (χ0) is 16.9. The Labute approximate surface area is 149 Å². The van der Waals surface area contributed by atoms with Crippen molar-refractivity contribution in [2.45, 2.75) is 6.54 Å². The number of benzene rings is 3. The quantitative estimate of drug-likeness (QED) is 0.394. The van der Waals surface area contributed by atoms with E-state index < -0.39 is 0 Å². The van der Waals surface area contributed by atoms with E-state index >= 15 is 0 Å². The van der Waals surface area contributed by atoms with Gasteiger partial charge in [-0.2, -0.15) is 10.2 Å². The van der Waals surface area contributed by atoms with Gasteiger partial charge >= 0.3 is 0 Å². The molecule has 0 amide bonds. The highest BCUT2D eigenvalue weighted by Gasteiger charge is 2.02. The predicted molar refractivity (Wildman–Crippen MR) is 101 cm³/mol. The summed E-state index contributed by atoms with van der Waals surface area (Å²) < 4.78 is 6.94. The lowest BCUT2D eigenvalue weighted by Crippen LogP contribution is -1.82. The maximum absolute atomic E-state index is 5.76. The fraction of sp³-hybridized carbons (Fsp3) is 0.0500. The number of azo groups is 1. The smallest absolute Gasteiger partial charge is 0.127 e. The zero-order valence-corrected chi connectivity index (χ0v) is 14.2. The summed E-state index contributed by atoms with van der Waals surface area (Å²) in [6.07, 6.45) is 0. The molecule has 25 heavy (non-hydrogen) atoms. The molecule has 0 aliphatic carbocycles. The van der Waals surface area contributed by atoms with Crippen molar-refractivity contribution in [1.82, 2.24) is 4.98 Å². The van der Waals surface area contributed by atoms with E-state index in [1.165, 1.54) is 4.70 Å². The van der Waals surface area contributed by atoms with E-state index in [2.05, 4.69) is 21.3 Å². The Kier molecular flexibility index (Phi) is 4.48. The number of aromatic nitrogens is 1. The van der Waals surface area contributed by atoms with Crippen LogP contribution in [0, 0.1) is 0 Å². The molecule has 4 rings (SSSR count).